The molecular weight excluding hydrogens is 576 g/mol. The van der Waals surface area contributed by atoms with Crippen molar-refractivity contribution in [1.29, 1.82) is 0 Å². The Balaban J connectivity index is 1.32. The number of nitrogens with zero attached hydrogens (tertiary/aromatic N) is 5. The predicted molar refractivity (Wildman–Crippen MR) is 162 cm³/mol. The highest BCUT2D eigenvalue weighted by atomic mass is 35.5. The van der Waals surface area contributed by atoms with Crippen molar-refractivity contribution in [3.63, 3.8) is 0 Å². The van der Waals surface area contributed by atoms with Crippen LogP contribution in [0.3, 0.4) is 0 Å². The summed E-state index contributed by atoms with van der Waals surface area (Å²) in [4.78, 5) is 52.7. The zero-order valence-electron chi connectivity index (χ0n) is 23.2. The first-order valence-electron chi connectivity index (χ1n) is 14.0. The molecule has 0 aliphatic carbocycles. The molecule has 3 aliphatic rings. The zero-order valence-corrected chi connectivity index (χ0v) is 24.8. The molecule has 2 amide bonds. The summed E-state index contributed by atoms with van der Waals surface area (Å²) in [7, 11) is 1.80. The number of aromatic nitrogens is 3. The number of anilines is 1. The van der Waals surface area contributed by atoms with Crippen LogP contribution in [0, 0.1) is 6.92 Å². The highest BCUT2D eigenvalue weighted by molar-refractivity contribution is 7.17. The van der Waals surface area contributed by atoms with E-state index in [1.165, 1.54) is 11.3 Å². The van der Waals surface area contributed by atoms with Gasteiger partial charge in [-0.2, -0.15) is 0 Å². The number of benzene rings is 2. The van der Waals surface area contributed by atoms with E-state index in [0.717, 1.165) is 40.4 Å². The second kappa shape index (κ2) is 10.4. The number of fused-ring (bicyclic) bond motifs is 3. The molecule has 10 nitrogen and oxygen atoms in total. The third kappa shape index (κ3) is 4.70. The monoisotopic (exact) mass is 604 g/mol. The fourth-order valence-electron chi connectivity index (χ4n) is 6.04. The summed E-state index contributed by atoms with van der Waals surface area (Å²) in [5.74, 6) is 0.579. The van der Waals surface area contributed by atoms with Crippen LogP contribution in [0.2, 0.25) is 5.02 Å². The summed E-state index contributed by atoms with van der Waals surface area (Å²) >= 11 is 7.44. The van der Waals surface area contributed by atoms with E-state index < -0.39 is 0 Å². The van der Waals surface area contributed by atoms with Crippen LogP contribution < -0.4 is 10.9 Å². The van der Waals surface area contributed by atoms with E-state index in [0.29, 0.717) is 59.3 Å². The lowest BCUT2D eigenvalue weighted by atomic mass is 9.97. The van der Waals surface area contributed by atoms with E-state index in [-0.39, 0.29) is 29.6 Å². The molecule has 0 radical (unpaired) electrons. The molecule has 0 unspecified atom stereocenters. The van der Waals surface area contributed by atoms with Gasteiger partial charge in [-0.25, -0.2) is 14.8 Å². The fourth-order valence-corrected chi connectivity index (χ4v) is 7.30. The van der Waals surface area contributed by atoms with Crippen molar-refractivity contribution in [3.8, 4) is 10.6 Å². The molecule has 2 atom stereocenters. The van der Waals surface area contributed by atoms with Crippen molar-refractivity contribution >= 4 is 51.5 Å². The molecule has 2 saturated heterocycles. The molecule has 0 saturated carbocycles. The third-order valence-electron chi connectivity index (χ3n) is 8.40. The van der Waals surface area contributed by atoms with Gasteiger partial charge in [0.25, 0.3) is 11.5 Å². The SMILES string of the molecule is Cc1nc2cc(-c3nc4c(s3)C(=O)N(C)CC4)c(N[C@H]3CCN4C(=O)OC[C@@H]4C3)cc2c(=O)n1Cc1ccc(Cl)cc1. The van der Waals surface area contributed by atoms with Crippen LogP contribution >= 0.6 is 22.9 Å². The van der Waals surface area contributed by atoms with Gasteiger partial charge in [-0.15, -0.1) is 11.3 Å². The number of ether oxygens (including phenoxy) is 1. The van der Waals surface area contributed by atoms with E-state index >= 15 is 0 Å². The van der Waals surface area contributed by atoms with E-state index in [2.05, 4.69) is 5.32 Å². The molecule has 216 valence electrons. The summed E-state index contributed by atoms with van der Waals surface area (Å²) in [5, 5.41) is 5.52. The standard InChI is InChI=1S/C30H29ClN6O4S/c1-16-32-25-12-21(27-34-23-8-9-35(2)29(39)26(23)42-27)24(33-19-7-10-36-20(11-19)15-41-30(36)40)13-22(25)28(38)37(16)14-17-3-5-18(31)6-4-17/h3-6,12-13,19-20,33H,7-11,14-15H2,1-2H3/t19-,20-/m0/s1. The van der Waals surface area contributed by atoms with E-state index in [9.17, 15) is 14.4 Å². The maximum Gasteiger partial charge on any atom is 0.410 e. The number of rotatable bonds is 5. The third-order valence-corrected chi connectivity index (χ3v) is 9.77. The number of carbonyl (C=O) groups is 2. The Kier molecular flexibility index (Phi) is 6.66. The van der Waals surface area contributed by atoms with Gasteiger partial charge in [-0.1, -0.05) is 23.7 Å². The van der Waals surface area contributed by atoms with Crippen LogP contribution in [0.1, 0.15) is 39.6 Å². The Hall–Kier alpha value is -3.96. The highest BCUT2D eigenvalue weighted by Crippen LogP contribution is 2.38. The van der Waals surface area contributed by atoms with Gasteiger partial charge in [-0.3, -0.25) is 14.2 Å². The molecular formula is C30H29ClN6O4S. The quantitative estimate of drug-likeness (QED) is 0.356. The number of aryl methyl sites for hydroxylation is 1. The molecule has 5 heterocycles. The number of amides is 2. The van der Waals surface area contributed by atoms with E-state index in [4.69, 9.17) is 26.3 Å². The molecule has 7 rings (SSSR count). The summed E-state index contributed by atoms with van der Waals surface area (Å²) in [5.41, 5.74) is 3.76. The number of hydrogen-bond donors (Lipinski definition) is 1. The van der Waals surface area contributed by atoms with Crippen molar-refractivity contribution in [3.05, 3.63) is 73.7 Å². The summed E-state index contributed by atoms with van der Waals surface area (Å²) in [6.45, 7) is 3.82. The number of nitrogens with one attached hydrogen (secondary N) is 1. The molecule has 2 fully saturated rings. The molecule has 0 spiro atoms. The minimum Gasteiger partial charge on any atom is -0.447 e. The minimum absolute atomic E-state index is 0.0207. The second-order valence-corrected chi connectivity index (χ2v) is 12.6. The lowest BCUT2D eigenvalue weighted by Gasteiger charge is -2.33. The van der Waals surface area contributed by atoms with Crippen LogP contribution in [0.4, 0.5) is 10.5 Å². The molecule has 2 aromatic carbocycles. The highest BCUT2D eigenvalue weighted by Gasteiger charge is 2.38. The Morgan fingerprint density at radius 1 is 1.12 bits per heavy atom. The van der Waals surface area contributed by atoms with Crippen LogP contribution in [0.15, 0.2) is 41.2 Å². The van der Waals surface area contributed by atoms with Crippen LogP contribution in [-0.4, -0.2) is 75.2 Å². The molecule has 2 aromatic heterocycles. The maximum absolute atomic E-state index is 13.9. The van der Waals surface area contributed by atoms with Gasteiger partial charge in [0.2, 0.25) is 0 Å². The zero-order chi connectivity index (χ0) is 29.1. The van der Waals surface area contributed by atoms with Crippen molar-refractivity contribution < 1.29 is 14.3 Å². The van der Waals surface area contributed by atoms with E-state index in [1.54, 1.807) is 21.4 Å². The molecule has 12 heteroatoms. The largest absolute Gasteiger partial charge is 0.447 e. The number of cyclic esters (lactones) is 1. The number of piperidine rings is 1. The number of thiazole rings is 1. The minimum atomic E-state index is -0.254. The number of carbonyl (C=O) groups excluding carboxylic acids is 2. The fraction of sp³-hybridized carbons (Fsp3) is 0.367. The second-order valence-electron chi connectivity index (χ2n) is 11.2. The van der Waals surface area contributed by atoms with Crippen molar-refractivity contribution in [2.75, 3.05) is 32.1 Å². The molecule has 3 aliphatic heterocycles. The maximum atomic E-state index is 13.9. The van der Waals surface area contributed by atoms with Gasteiger partial charge in [0.05, 0.1) is 29.2 Å². The van der Waals surface area contributed by atoms with Gasteiger partial charge < -0.3 is 19.9 Å². The van der Waals surface area contributed by atoms with Crippen molar-refractivity contribution in [2.24, 2.45) is 0 Å². The molecule has 4 aromatic rings. The number of halogens is 1. The molecule has 1 N–H and O–H groups in total. The van der Waals surface area contributed by atoms with Gasteiger partial charge in [0.1, 0.15) is 22.3 Å². The number of likely N-dealkylation sites (N-methyl/N-ethyl adjacent to an activating group) is 1. The van der Waals surface area contributed by atoms with Crippen LogP contribution in [0.5, 0.6) is 0 Å². The predicted octanol–water partition coefficient (Wildman–Crippen LogP) is 4.55. The first kappa shape index (κ1) is 26.9. The Labute approximate surface area is 250 Å². The Morgan fingerprint density at radius 3 is 2.74 bits per heavy atom. The van der Waals surface area contributed by atoms with Crippen LogP contribution in [0.25, 0.3) is 21.5 Å². The van der Waals surface area contributed by atoms with Crippen molar-refractivity contribution in [1.82, 2.24) is 24.3 Å². The summed E-state index contributed by atoms with van der Waals surface area (Å²) < 4.78 is 6.94. The average molecular weight is 605 g/mol. The molecule has 0 bridgehead atoms. The van der Waals surface area contributed by atoms with Gasteiger partial charge >= 0.3 is 6.09 Å². The summed E-state index contributed by atoms with van der Waals surface area (Å²) in [6.07, 6.45) is 1.92. The van der Waals surface area contributed by atoms with Gasteiger partial charge in [0.15, 0.2) is 0 Å². The van der Waals surface area contributed by atoms with E-state index in [1.807, 2.05) is 43.3 Å². The number of hydrogen-bond acceptors (Lipinski definition) is 8. The van der Waals surface area contributed by atoms with Gasteiger partial charge in [-0.05, 0) is 49.6 Å². The lowest BCUT2D eigenvalue weighted by Crippen LogP contribution is -2.45. The summed E-state index contributed by atoms with van der Waals surface area (Å²) in [6, 6.07) is 11.3. The Morgan fingerprint density at radius 2 is 1.93 bits per heavy atom. The normalized spacial score (nSPS) is 20.1. The van der Waals surface area contributed by atoms with Crippen molar-refractivity contribution in [2.45, 2.75) is 44.8 Å². The first-order valence-corrected chi connectivity index (χ1v) is 15.2. The lowest BCUT2D eigenvalue weighted by molar-refractivity contribution is 0.0785. The average Bonchev–Trinajstić information content (AvgIpc) is 3.58. The van der Waals surface area contributed by atoms with Gasteiger partial charge in [0, 0.05) is 48.9 Å². The van der Waals surface area contributed by atoms with Crippen LogP contribution in [-0.2, 0) is 17.7 Å². The smallest absolute Gasteiger partial charge is 0.410 e. The first-order chi connectivity index (χ1) is 20.2. The topological polar surface area (TPSA) is 110 Å². The molecule has 42 heavy (non-hydrogen) atoms. The Bertz CT molecular complexity index is 1800.